The number of benzene rings is 1. The van der Waals surface area contributed by atoms with Crippen LogP contribution in [-0.2, 0) is 0 Å². The van der Waals surface area contributed by atoms with E-state index in [9.17, 15) is 0 Å². The van der Waals surface area contributed by atoms with E-state index in [1.54, 1.807) is 0 Å². The lowest BCUT2D eigenvalue weighted by Crippen LogP contribution is -2.13. The third-order valence-electron chi connectivity index (χ3n) is 2.89. The van der Waals surface area contributed by atoms with Crippen LogP contribution in [0.3, 0.4) is 0 Å². The van der Waals surface area contributed by atoms with E-state index in [4.69, 9.17) is 16.3 Å². The Morgan fingerprint density at radius 1 is 1.35 bits per heavy atom. The largest absolute Gasteiger partial charge is 0.492 e. The van der Waals surface area contributed by atoms with Crippen molar-refractivity contribution in [3.63, 3.8) is 0 Å². The summed E-state index contributed by atoms with van der Waals surface area (Å²) in [5.74, 6) is 0.769. The second kappa shape index (κ2) is 6.08. The summed E-state index contributed by atoms with van der Waals surface area (Å²) in [6, 6.07) is 6.05. The molecule has 1 aliphatic rings. The lowest BCUT2D eigenvalue weighted by molar-refractivity contribution is 0.340. The van der Waals surface area contributed by atoms with Crippen molar-refractivity contribution in [1.82, 2.24) is 5.32 Å². The van der Waals surface area contributed by atoms with Gasteiger partial charge in [0.05, 0.1) is 11.6 Å². The predicted molar refractivity (Wildman–Crippen MR) is 72.7 cm³/mol. The minimum absolute atomic E-state index is 0.645. The van der Waals surface area contributed by atoms with Crippen molar-refractivity contribution in [1.29, 1.82) is 0 Å². The molecule has 92 valence electrons. The Bertz CT molecular complexity index is 415. The zero-order valence-electron chi connectivity index (χ0n) is 10.1. The minimum Gasteiger partial charge on any atom is -0.492 e. The Morgan fingerprint density at radius 2 is 2.24 bits per heavy atom. The van der Waals surface area contributed by atoms with Gasteiger partial charge >= 0.3 is 0 Å². The van der Waals surface area contributed by atoms with Crippen molar-refractivity contribution in [3.05, 3.63) is 34.9 Å². The molecule has 1 N–H and O–H groups in total. The summed E-state index contributed by atoms with van der Waals surface area (Å²) in [6.45, 7) is 4.71. The van der Waals surface area contributed by atoms with Crippen LogP contribution in [0.5, 0.6) is 5.75 Å². The molecule has 0 bridgehead atoms. The molecule has 3 heteroatoms. The molecule has 0 fully saturated rings. The average Bonchev–Trinajstić information content (AvgIpc) is 2.60. The summed E-state index contributed by atoms with van der Waals surface area (Å²) in [5.41, 5.74) is 2.59. The third kappa shape index (κ3) is 3.24. The lowest BCUT2D eigenvalue weighted by Gasteiger charge is -2.10. The van der Waals surface area contributed by atoms with Gasteiger partial charge < -0.3 is 10.1 Å². The van der Waals surface area contributed by atoms with E-state index in [1.165, 1.54) is 11.1 Å². The molecule has 0 unspecified atom stereocenters. The first-order valence-electron chi connectivity index (χ1n) is 6.13. The van der Waals surface area contributed by atoms with Gasteiger partial charge in [-0.25, -0.2) is 0 Å². The summed E-state index contributed by atoms with van der Waals surface area (Å²) in [6.07, 6.45) is 4.44. The van der Waals surface area contributed by atoms with Gasteiger partial charge in [0.2, 0.25) is 0 Å². The Labute approximate surface area is 108 Å². The van der Waals surface area contributed by atoms with E-state index in [2.05, 4.69) is 17.5 Å². The second-order valence-electron chi connectivity index (χ2n) is 4.10. The molecule has 17 heavy (non-hydrogen) atoms. The van der Waals surface area contributed by atoms with E-state index < -0.39 is 0 Å². The molecule has 0 spiro atoms. The van der Waals surface area contributed by atoms with Crippen molar-refractivity contribution >= 4 is 17.2 Å². The number of hydrogen-bond acceptors (Lipinski definition) is 2. The van der Waals surface area contributed by atoms with Crippen LogP contribution in [0.4, 0.5) is 0 Å². The van der Waals surface area contributed by atoms with Gasteiger partial charge in [0, 0.05) is 0 Å². The summed E-state index contributed by atoms with van der Waals surface area (Å²) in [4.78, 5) is 0. The normalized spacial score (nSPS) is 16.2. The molecule has 1 aromatic rings. The van der Waals surface area contributed by atoms with Crippen LogP contribution in [0.15, 0.2) is 24.3 Å². The van der Waals surface area contributed by atoms with Crippen LogP contribution < -0.4 is 10.1 Å². The molecule has 2 rings (SSSR count). The smallest absolute Gasteiger partial charge is 0.137 e. The monoisotopic (exact) mass is 251 g/mol. The van der Waals surface area contributed by atoms with Crippen molar-refractivity contribution in [2.24, 2.45) is 0 Å². The maximum atomic E-state index is 6.20. The molecule has 0 radical (unpaired) electrons. The molecule has 1 aromatic carbocycles. The minimum atomic E-state index is 0.645. The SMILES string of the molecule is CCOc1ccc(C2=CCCNCC2)cc1Cl. The number of ether oxygens (including phenoxy) is 1. The lowest BCUT2D eigenvalue weighted by atomic mass is 10.0. The highest BCUT2D eigenvalue weighted by molar-refractivity contribution is 6.32. The van der Waals surface area contributed by atoms with Crippen LogP contribution in [0.2, 0.25) is 5.02 Å². The molecular weight excluding hydrogens is 234 g/mol. The van der Waals surface area contributed by atoms with Gasteiger partial charge in [0.15, 0.2) is 0 Å². The highest BCUT2D eigenvalue weighted by atomic mass is 35.5. The maximum Gasteiger partial charge on any atom is 0.137 e. The fourth-order valence-corrected chi connectivity index (χ4v) is 2.27. The summed E-state index contributed by atoms with van der Waals surface area (Å²) < 4.78 is 5.44. The van der Waals surface area contributed by atoms with Crippen molar-refractivity contribution in [2.75, 3.05) is 19.7 Å². The predicted octanol–water partition coefficient (Wildman–Crippen LogP) is 3.51. The Balaban J connectivity index is 2.21. The molecule has 1 aliphatic heterocycles. The van der Waals surface area contributed by atoms with Gasteiger partial charge in [-0.05, 0) is 56.1 Å². The van der Waals surface area contributed by atoms with Crippen LogP contribution in [0.25, 0.3) is 5.57 Å². The van der Waals surface area contributed by atoms with Gasteiger partial charge in [0.1, 0.15) is 5.75 Å². The average molecular weight is 252 g/mol. The molecule has 2 nitrogen and oxygen atoms in total. The molecular formula is C14H18ClNO. The zero-order valence-corrected chi connectivity index (χ0v) is 10.9. The topological polar surface area (TPSA) is 21.3 Å². The number of nitrogens with one attached hydrogen (secondary N) is 1. The van der Waals surface area contributed by atoms with E-state index in [0.717, 1.165) is 31.7 Å². The van der Waals surface area contributed by atoms with E-state index in [1.807, 2.05) is 19.1 Å². The fraction of sp³-hybridized carbons (Fsp3) is 0.429. The molecule has 0 aliphatic carbocycles. The van der Waals surface area contributed by atoms with Crippen molar-refractivity contribution in [3.8, 4) is 5.75 Å². The van der Waals surface area contributed by atoms with E-state index in [0.29, 0.717) is 11.6 Å². The number of halogens is 1. The van der Waals surface area contributed by atoms with Gasteiger partial charge in [-0.15, -0.1) is 0 Å². The Morgan fingerprint density at radius 3 is 3.00 bits per heavy atom. The zero-order chi connectivity index (χ0) is 12.1. The van der Waals surface area contributed by atoms with Gasteiger partial charge in [0.25, 0.3) is 0 Å². The highest BCUT2D eigenvalue weighted by Crippen LogP contribution is 2.29. The fourth-order valence-electron chi connectivity index (χ4n) is 2.03. The number of rotatable bonds is 3. The van der Waals surface area contributed by atoms with Crippen molar-refractivity contribution < 1.29 is 4.74 Å². The van der Waals surface area contributed by atoms with Crippen molar-refractivity contribution in [2.45, 2.75) is 19.8 Å². The first-order chi connectivity index (χ1) is 8.31. The molecule has 0 aromatic heterocycles. The molecule has 0 amide bonds. The van der Waals surface area contributed by atoms with Crippen LogP contribution in [0.1, 0.15) is 25.3 Å². The number of hydrogen-bond donors (Lipinski definition) is 1. The van der Waals surface area contributed by atoms with E-state index >= 15 is 0 Å². The van der Waals surface area contributed by atoms with Crippen LogP contribution in [-0.4, -0.2) is 19.7 Å². The summed E-state index contributed by atoms with van der Waals surface area (Å²) in [7, 11) is 0. The summed E-state index contributed by atoms with van der Waals surface area (Å²) >= 11 is 6.20. The molecule has 0 atom stereocenters. The Kier molecular flexibility index (Phi) is 4.46. The van der Waals surface area contributed by atoms with Gasteiger partial charge in [-0.3, -0.25) is 0 Å². The van der Waals surface area contributed by atoms with Crippen LogP contribution in [0, 0.1) is 0 Å². The summed E-state index contributed by atoms with van der Waals surface area (Å²) in [5, 5.41) is 4.08. The van der Waals surface area contributed by atoms with E-state index in [-0.39, 0.29) is 0 Å². The third-order valence-corrected chi connectivity index (χ3v) is 3.18. The quantitative estimate of drug-likeness (QED) is 0.888. The second-order valence-corrected chi connectivity index (χ2v) is 4.50. The van der Waals surface area contributed by atoms with Gasteiger partial charge in [-0.1, -0.05) is 23.7 Å². The maximum absolute atomic E-state index is 6.20. The molecule has 0 saturated carbocycles. The Hall–Kier alpha value is -0.990. The standard InChI is InChI=1S/C14H18ClNO/c1-2-17-14-6-5-12(10-13(14)15)11-4-3-8-16-9-7-11/h4-6,10,16H,2-3,7-9H2,1H3. The molecule has 0 saturated heterocycles. The first-order valence-corrected chi connectivity index (χ1v) is 6.51. The van der Waals surface area contributed by atoms with Gasteiger partial charge in [-0.2, -0.15) is 0 Å². The highest BCUT2D eigenvalue weighted by Gasteiger charge is 2.08. The first kappa shape index (κ1) is 12.5. The van der Waals surface area contributed by atoms with Crippen LogP contribution >= 0.6 is 11.6 Å². The molecule has 1 heterocycles.